The molecule has 0 bridgehead atoms. The van der Waals surface area contributed by atoms with E-state index in [0.29, 0.717) is 30.0 Å². The molecule has 0 saturated carbocycles. The summed E-state index contributed by atoms with van der Waals surface area (Å²) >= 11 is 0. The smallest absolute Gasteiger partial charge is 0.257 e. The van der Waals surface area contributed by atoms with Gasteiger partial charge in [0.1, 0.15) is 5.84 Å². The van der Waals surface area contributed by atoms with Gasteiger partial charge in [0.25, 0.3) is 21.8 Å². The maximum absolute atomic E-state index is 12.7. The molecule has 1 unspecified atom stereocenters. The number of anilines is 1. The van der Waals surface area contributed by atoms with Crippen LogP contribution in [0.3, 0.4) is 0 Å². The molecule has 10 heteroatoms. The fourth-order valence-corrected chi connectivity index (χ4v) is 4.40. The summed E-state index contributed by atoms with van der Waals surface area (Å²) in [6, 6.07) is 6.77. The van der Waals surface area contributed by atoms with Gasteiger partial charge < -0.3 is 20.3 Å². The SMILES string of the molecule is O=C(Nc1ccccc1C(=O)NCC1CCCO1)C1=CN2CCS(=O)(=O)N=C2C=C1. The summed E-state index contributed by atoms with van der Waals surface area (Å²) in [6.45, 7) is 1.37. The Labute approximate surface area is 174 Å². The van der Waals surface area contributed by atoms with Crippen molar-refractivity contribution in [1.82, 2.24) is 10.2 Å². The standard InChI is InChI=1S/C20H22N4O5S/c25-19(14-7-8-18-23-30(27,28)11-9-24(18)13-14)22-17-6-2-1-5-16(17)20(26)21-12-15-4-3-10-29-15/h1-2,5-8,13,15H,3-4,9-12H2,(H,21,26)(H,22,25). The number of carbonyl (C=O) groups is 2. The van der Waals surface area contributed by atoms with Crippen molar-refractivity contribution in [2.24, 2.45) is 4.40 Å². The number of nitrogens with zero attached hydrogens (tertiary/aromatic N) is 2. The van der Waals surface area contributed by atoms with Crippen LogP contribution in [0.25, 0.3) is 0 Å². The van der Waals surface area contributed by atoms with E-state index >= 15 is 0 Å². The third-order valence-electron chi connectivity index (χ3n) is 5.02. The molecular formula is C20H22N4O5S. The van der Waals surface area contributed by atoms with Crippen molar-refractivity contribution in [3.63, 3.8) is 0 Å². The number of amidine groups is 1. The first-order valence-electron chi connectivity index (χ1n) is 9.71. The molecule has 2 amide bonds. The zero-order valence-electron chi connectivity index (χ0n) is 16.2. The fraction of sp³-hybridized carbons (Fsp3) is 0.350. The minimum absolute atomic E-state index is 0.0254. The van der Waals surface area contributed by atoms with Crippen molar-refractivity contribution >= 4 is 33.4 Å². The van der Waals surface area contributed by atoms with Crippen LogP contribution in [0.4, 0.5) is 5.69 Å². The molecular weight excluding hydrogens is 408 g/mol. The second-order valence-corrected chi connectivity index (χ2v) is 8.95. The molecule has 158 valence electrons. The molecule has 3 heterocycles. The number of nitrogens with one attached hydrogen (secondary N) is 2. The van der Waals surface area contributed by atoms with Crippen LogP contribution in [0, 0.1) is 0 Å². The average Bonchev–Trinajstić information content (AvgIpc) is 3.25. The zero-order valence-corrected chi connectivity index (χ0v) is 17.0. The van der Waals surface area contributed by atoms with Crippen LogP contribution >= 0.6 is 0 Å². The molecule has 2 N–H and O–H groups in total. The highest BCUT2D eigenvalue weighted by atomic mass is 32.2. The van der Waals surface area contributed by atoms with Crippen molar-refractivity contribution in [2.45, 2.75) is 18.9 Å². The second kappa shape index (κ2) is 8.41. The molecule has 1 fully saturated rings. The lowest BCUT2D eigenvalue weighted by Gasteiger charge is -2.27. The van der Waals surface area contributed by atoms with Gasteiger partial charge in [-0.25, -0.2) is 8.42 Å². The van der Waals surface area contributed by atoms with E-state index in [1.165, 1.54) is 12.2 Å². The molecule has 3 aliphatic rings. The van der Waals surface area contributed by atoms with Gasteiger partial charge in [0.05, 0.1) is 28.7 Å². The Bertz CT molecular complexity index is 1050. The number of para-hydroxylation sites is 1. The predicted octanol–water partition coefficient (Wildman–Crippen LogP) is 1.03. The van der Waals surface area contributed by atoms with E-state index in [4.69, 9.17) is 4.74 Å². The summed E-state index contributed by atoms with van der Waals surface area (Å²) in [6.07, 6.45) is 6.49. The third kappa shape index (κ3) is 4.60. The number of hydrogen-bond acceptors (Lipinski definition) is 6. The van der Waals surface area contributed by atoms with E-state index in [-0.39, 0.29) is 30.1 Å². The van der Waals surface area contributed by atoms with Crippen LogP contribution in [0.15, 0.2) is 52.6 Å². The molecule has 1 aromatic rings. The predicted molar refractivity (Wildman–Crippen MR) is 112 cm³/mol. The Morgan fingerprint density at radius 2 is 2.03 bits per heavy atom. The first-order valence-corrected chi connectivity index (χ1v) is 11.3. The van der Waals surface area contributed by atoms with Gasteiger partial charge in [-0.3, -0.25) is 9.59 Å². The second-order valence-electron chi connectivity index (χ2n) is 7.19. The summed E-state index contributed by atoms with van der Waals surface area (Å²) in [5.74, 6) is -0.515. The summed E-state index contributed by atoms with van der Waals surface area (Å²) < 4.78 is 32.4. The highest BCUT2D eigenvalue weighted by molar-refractivity contribution is 7.90. The summed E-state index contributed by atoms with van der Waals surface area (Å²) in [5, 5.41) is 5.62. The molecule has 9 nitrogen and oxygen atoms in total. The van der Waals surface area contributed by atoms with Gasteiger partial charge >= 0.3 is 0 Å². The van der Waals surface area contributed by atoms with E-state index in [9.17, 15) is 18.0 Å². The minimum Gasteiger partial charge on any atom is -0.376 e. The highest BCUT2D eigenvalue weighted by Gasteiger charge is 2.25. The maximum Gasteiger partial charge on any atom is 0.257 e. The van der Waals surface area contributed by atoms with Crippen LogP contribution in [-0.4, -0.2) is 62.5 Å². The van der Waals surface area contributed by atoms with Gasteiger partial charge in [-0.1, -0.05) is 12.1 Å². The van der Waals surface area contributed by atoms with Gasteiger partial charge in [-0.05, 0) is 37.1 Å². The van der Waals surface area contributed by atoms with E-state index in [0.717, 1.165) is 12.8 Å². The zero-order chi connectivity index (χ0) is 21.1. The largest absolute Gasteiger partial charge is 0.376 e. The topological polar surface area (TPSA) is 117 Å². The van der Waals surface area contributed by atoms with Crippen molar-refractivity contribution < 1.29 is 22.7 Å². The van der Waals surface area contributed by atoms with Crippen molar-refractivity contribution in [3.8, 4) is 0 Å². The van der Waals surface area contributed by atoms with Crippen molar-refractivity contribution in [2.75, 3.05) is 30.8 Å². The molecule has 0 aromatic heterocycles. The first kappa shape index (κ1) is 20.3. The molecule has 1 atom stereocenters. The third-order valence-corrected chi connectivity index (χ3v) is 6.18. The number of amides is 2. The Hall–Kier alpha value is -2.98. The Morgan fingerprint density at radius 1 is 1.20 bits per heavy atom. The summed E-state index contributed by atoms with van der Waals surface area (Å²) in [7, 11) is -3.45. The quantitative estimate of drug-likeness (QED) is 0.721. The van der Waals surface area contributed by atoms with Gasteiger partial charge in [0.2, 0.25) is 0 Å². The van der Waals surface area contributed by atoms with Gasteiger partial charge in [-0.2, -0.15) is 0 Å². The van der Waals surface area contributed by atoms with Crippen LogP contribution < -0.4 is 10.6 Å². The van der Waals surface area contributed by atoms with Gasteiger partial charge in [0.15, 0.2) is 0 Å². The fourth-order valence-electron chi connectivity index (χ4n) is 3.43. The molecule has 3 aliphatic heterocycles. The number of sulfonamides is 1. The molecule has 30 heavy (non-hydrogen) atoms. The van der Waals surface area contributed by atoms with Crippen LogP contribution in [0.5, 0.6) is 0 Å². The normalized spacial score (nSPS) is 22.0. The van der Waals surface area contributed by atoms with E-state index in [1.807, 2.05) is 0 Å². The minimum atomic E-state index is -3.45. The van der Waals surface area contributed by atoms with Crippen LogP contribution in [0.2, 0.25) is 0 Å². The van der Waals surface area contributed by atoms with Gasteiger partial charge in [-0.15, -0.1) is 4.40 Å². The molecule has 1 aromatic carbocycles. The molecule has 0 spiro atoms. The molecule has 0 radical (unpaired) electrons. The molecule has 1 saturated heterocycles. The highest BCUT2D eigenvalue weighted by Crippen LogP contribution is 2.20. The molecule has 4 rings (SSSR count). The Kier molecular flexibility index (Phi) is 5.69. The lowest BCUT2D eigenvalue weighted by Crippen LogP contribution is -2.37. The maximum atomic E-state index is 12.7. The summed E-state index contributed by atoms with van der Waals surface area (Å²) in [4.78, 5) is 27.0. The van der Waals surface area contributed by atoms with Crippen LogP contribution in [0.1, 0.15) is 23.2 Å². The van der Waals surface area contributed by atoms with Crippen LogP contribution in [-0.2, 0) is 19.6 Å². The Morgan fingerprint density at radius 3 is 2.83 bits per heavy atom. The van der Waals surface area contributed by atoms with Crippen molar-refractivity contribution in [1.29, 1.82) is 0 Å². The van der Waals surface area contributed by atoms with E-state index in [1.54, 1.807) is 35.4 Å². The number of fused-ring (bicyclic) bond motifs is 1. The lowest BCUT2D eigenvalue weighted by atomic mass is 10.1. The average molecular weight is 430 g/mol. The first-order chi connectivity index (χ1) is 14.4. The number of carbonyl (C=O) groups excluding carboxylic acids is 2. The number of benzene rings is 1. The molecule has 0 aliphatic carbocycles. The lowest BCUT2D eigenvalue weighted by molar-refractivity contribution is -0.112. The summed E-state index contributed by atoms with van der Waals surface area (Å²) in [5.41, 5.74) is 1.08. The van der Waals surface area contributed by atoms with Crippen molar-refractivity contribution in [3.05, 3.63) is 53.8 Å². The van der Waals surface area contributed by atoms with Gasteiger partial charge in [0, 0.05) is 25.9 Å². The number of ether oxygens (including phenoxy) is 1. The Balaban J connectivity index is 1.44. The number of hydrogen-bond donors (Lipinski definition) is 2. The van der Waals surface area contributed by atoms with E-state index < -0.39 is 15.9 Å². The monoisotopic (exact) mass is 430 g/mol. The van der Waals surface area contributed by atoms with E-state index in [2.05, 4.69) is 15.0 Å². The number of rotatable bonds is 5.